The van der Waals surface area contributed by atoms with E-state index in [1.165, 1.54) is 0 Å². The molecular weight excluding hydrogens is 238 g/mol. The second-order valence-electron chi connectivity index (χ2n) is 4.79. The number of hydrogen-bond donors (Lipinski definition) is 2. The molecule has 0 spiro atoms. The first-order chi connectivity index (χ1) is 9.10. The van der Waals surface area contributed by atoms with Gasteiger partial charge in [-0.3, -0.25) is 9.69 Å². The molecule has 0 saturated carbocycles. The van der Waals surface area contributed by atoms with Gasteiger partial charge in [-0.1, -0.05) is 26.0 Å². The third-order valence-corrected chi connectivity index (χ3v) is 3.17. The fraction of sp³-hybridized carbons (Fsp3) is 0.533. The van der Waals surface area contributed by atoms with Crippen molar-refractivity contribution in [3.05, 3.63) is 24.3 Å². The predicted octanol–water partition coefficient (Wildman–Crippen LogP) is 2.72. The van der Waals surface area contributed by atoms with E-state index >= 15 is 0 Å². The number of carbonyl (C=O) groups is 1. The number of rotatable bonds is 7. The van der Waals surface area contributed by atoms with Crippen molar-refractivity contribution in [1.82, 2.24) is 4.90 Å². The van der Waals surface area contributed by atoms with Crippen molar-refractivity contribution < 1.29 is 4.79 Å². The maximum atomic E-state index is 12.2. The maximum Gasteiger partial charge on any atom is 0.241 e. The Morgan fingerprint density at radius 2 is 1.84 bits per heavy atom. The highest BCUT2D eigenvalue weighted by atomic mass is 16.2. The molecule has 3 N–H and O–H groups in total. The van der Waals surface area contributed by atoms with Crippen LogP contribution in [0.15, 0.2) is 24.3 Å². The third kappa shape index (κ3) is 4.56. The van der Waals surface area contributed by atoms with Crippen molar-refractivity contribution >= 4 is 17.3 Å². The zero-order chi connectivity index (χ0) is 14.3. The van der Waals surface area contributed by atoms with E-state index in [0.29, 0.717) is 11.4 Å². The van der Waals surface area contributed by atoms with Gasteiger partial charge < -0.3 is 11.1 Å². The molecule has 0 fully saturated rings. The number of carbonyl (C=O) groups excluding carboxylic acids is 1. The molecule has 106 valence electrons. The first-order valence-electron chi connectivity index (χ1n) is 6.99. The second kappa shape index (κ2) is 7.79. The lowest BCUT2D eigenvalue weighted by molar-refractivity contribution is -0.120. The Hall–Kier alpha value is -1.55. The van der Waals surface area contributed by atoms with Gasteiger partial charge in [0, 0.05) is 0 Å². The summed E-state index contributed by atoms with van der Waals surface area (Å²) in [5.74, 6) is -0.000185. The van der Waals surface area contributed by atoms with Crippen molar-refractivity contribution in [1.29, 1.82) is 0 Å². The van der Waals surface area contributed by atoms with Crippen molar-refractivity contribution in [2.45, 2.75) is 39.7 Å². The Labute approximate surface area is 116 Å². The van der Waals surface area contributed by atoms with E-state index < -0.39 is 0 Å². The van der Waals surface area contributed by atoms with Crippen LogP contribution in [0.4, 0.5) is 11.4 Å². The lowest BCUT2D eigenvalue weighted by Crippen LogP contribution is -2.42. The number of nitrogens with zero attached hydrogens (tertiary/aromatic N) is 1. The number of hydrogen-bond acceptors (Lipinski definition) is 3. The Morgan fingerprint density at radius 1 is 1.26 bits per heavy atom. The highest BCUT2D eigenvalue weighted by Gasteiger charge is 2.20. The molecule has 0 saturated heterocycles. The fourth-order valence-electron chi connectivity index (χ4n) is 2.09. The van der Waals surface area contributed by atoms with E-state index in [1.54, 1.807) is 6.07 Å². The monoisotopic (exact) mass is 263 g/mol. The second-order valence-corrected chi connectivity index (χ2v) is 4.79. The van der Waals surface area contributed by atoms with Crippen LogP contribution in [0.2, 0.25) is 0 Å². The van der Waals surface area contributed by atoms with E-state index in [9.17, 15) is 4.79 Å². The Bertz CT molecular complexity index is 400. The number of para-hydroxylation sites is 2. The highest BCUT2D eigenvalue weighted by Crippen LogP contribution is 2.17. The average Bonchev–Trinajstić information content (AvgIpc) is 2.40. The number of nitrogen functional groups attached to an aromatic ring is 1. The van der Waals surface area contributed by atoms with Gasteiger partial charge in [0.1, 0.15) is 0 Å². The van der Waals surface area contributed by atoms with Gasteiger partial charge in [-0.15, -0.1) is 0 Å². The van der Waals surface area contributed by atoms with Crippen LogP contribution in [0, 0.1) is 0 Å². The summed E-state index contributed by atoms with van der Waals surface area (Å²) in [6.45, 7) is 8.07. The van der Waals surface area contributed by atoms with Crippen LogP contribution in [0.5, 0.6) is 0 Å². The molecule has 0 aliphatic carbocycles. The summed E-state index contributed by atoms with van der Waals surface area (Å²) >= 11 is 0. The number of benzene rings is 1. The summed E-state index contributed by atoms with van der Waals surface area (Å²) in [5, 5.41) is 2.90. The van der Waals surface area contributed by atoms with Crippen LogP contribution in [0.25, 0.3) is 0 Å². The molecule has 0 heterocycles. The molecule has 0 aliphatic rings. The summed E-state index contributed by atoms with van der Waals surface area (Å²) in [6, 6.07) is 7.20. The van der Waals surface area contributed by atoms with E-state index in [0.717, 1.165) is 25.9 Å². The molecule has 0 bridgehead atoms. The standard InChI is InChI=1S/C15H25N3O/c1-4-10-18(11-5-2)12(3)15(19)17-14-9-7-6-8-13(14)16/h6-9,12H,4-5,10-11,16H2,1-3H3,(H,17,19). The normalized spacial score (nSPS) is 12.4. The quantitative estimate of drug-likeness (QED) is 0.744. The van der Waals surface area contributed by atoms with Crippen LogP contribution in [0.3, 0.4) is 0 Å². The minimum Gasteiger partial charge on any atom is -0.397 e. The molecular formula is C15H25N3O. The maximum absolute atomic E-state index is 12.2. The molecule has 1 rings (SSSR count). The van der Waals surface area contributed by atoms with Crippen molar-refractivity contribution in [2.75, 3.05) is 24.1 Å². The van der Waals surface area contributed by atoms with Gasteiger partial charge in [0.2, 0.25) is 5.91 Å². The Balaban J connectivity index is 2.68. The minimum atomic E-state index is -0.139. The third-order valence-electron chi connectivity index (χ3n) is 3.17. The summed E-state index contributed by atoms with van der Waals surface area (Å²) in [7, 11) is 0. The van der Waals surface area contributed by atoms with E-state index in [2.05, 4.69) is 24.1 Å². The van der Waals surface area contributed by atoms with Crippen LogP contribution >= 0.6 is 0 Å². The SMILES string of the molecule is CCCN(CCC)C(C)C(=O)Nc1ccccc1N. The van der Waals surface area contributed by atoms with Gasteiger partial charge in [0.25, 0.3) is 0 Å². The smallest absolute Gasteiger partial charge is 0.241 e. The fourth-order valence-corrected chi connectivity index (χ4v) is 2.09. The lowest BCUT2D eigenvalue weighted by Gasteiger charge is -2.27. The molecule has 1 unspecified atom stereocenters. The van der Waals surface area contributed by atoms with Gasteiger partial charge in [0.15, 0.2) is 0 Å². The minimum absolute atomic E-state index is 0.000185. The molecule has 1 aromatic carbocycles. The lowest BCUT2D eigenvalue weighted by atomic mass is 10.2. The van der Waals surface area contributed by atoms with Crippen molar-refractivity contribution in [2.24, 2.45) is 0 Å². The largest absolute Gasteiger partial charge is 0.397 e. The van der Waals surface area contributed by atoms with E-state index in [-0.39, 0.29) is 11.9 Å². The molecule has 4 heteroatoms. The van der Waals surface area contributed by atoms with Gasteiger partial charge in [-0.05, 0) is 45.0 Å². The molecule has 0 aromatic heterocycles. The van der Waals surface area contributed by atoms with Crippen LogP contribution < -0.4 is 11.1 Å². The Morgan fingerprint density at radius 3 is 2.37 bits per heavy atom. The van der Waals surface area contributed by atoms with Gasteiger partial charge >= 0.3 is 0 Å². The number of anilines is 2. The number of nitrogens with one attached hydrogen (secondary N) is 1. The van der Waals surface area contributed by atoms with E-state index in [1.807, 2.05) is 25.1 Å². The molecule has 0 aliphatic heterocycles. The number of amides is 1. The summed E-state index contributed by atoms with van der Waals surface area (Å²) in [4.78, 5) is 14.5. The van der Waals surface area contributed by atoms with E-state index in [4.69, 9.17) is 5.73 Å². The zero-order valence-corrected chi connectivity index (χ0v) is 12.1. The number of nitrogens with two attached hydrogens (primary N) is 1. The first-order valence-corrected chi connectivity index (χ1v) is 6.99. The molecule has 19 heavy (non-hydrogen) atoms. The van der Waals surface area contributed by atoms with Crippen molar-refractivity contribution in [3.63, 3.8) is 0 Å². The molecule has 1 atom stereocenters. The molecule has 1 aromatic rings. The van der Waals surface area contributed by atoms with Crippen LogP contribution in [-0.4, -0.2) is 29.9 Å². The molecule has 4 nitrogen and oxygen atoms in total. The summed E-state index contributed by atoms with van der Waals surface area (Å²) in [5.41, 5.74) is 7.12. The average molecular weight is 263 g/mol. The van der Waals surface area contributed by atoms with Crippen LogP contribution in [0.1, 0.15) is 33.6 Å². The zero-order valence-electron chi connectivity index (χ0n) is 12.1. The first kappa shape index (κ1) is 15.5. The predicted molar refractivity (Wildman–Crippen MR) is 81.1 cm³/mol. The Kier molecular flexibility index (Phi) is 6.36. The van der Waals surface area contributed by atoms with Gasteiger partial charge in [-0.25, -0.2) is 0 Å². The molecule has 1 amide bonds. The summed E-state index contributed by atoms with van der Waals surface area (Å²) in [6.07, 6.45) is 2.09. The van der Waals surface area contributed by atoms with Crippen LogP contribution in [-0.2, 0) is 4.79 Å². The van der Waals surface area contributed by atoms with Crippen molar-refractivity contribution in [3.8, 4) is 0 Å². The summed E-state index contributed by atoms with van der Waals surface area (Å²) < 4.78 is 0. The topological polar surface area (TPSA) is 58.4 Å². The molecule has 0 radical (unpaired) electrons. The highest BCUT2D eigenvalue weighted by molar-refractivity contribution is 5.97. The van der Waals surface area contributed by atoms with Gasteiger partial charge in [0.05, 0.1) is 17.4 Å². The van der Waals surface area contributed by atoms with Gasteiger partial charge in [-0.2, -0.15) is 0 Å².